The van der Waals surface area contributed by atoms with Crippen molar-refractivity contribution in [2.75, 3.05) is 0 Å². The zero-order valence-electron chi connectivity index (χ0n) is 10.4. The van der Waals surface area contributed by atoms with Crippen LogP contribution in [-0.2, 0) is 0 Å². The first-order valence-corrected chi connectivity index (χ1v) is 5.74. The molecule has 106 valence electrons. The van der Waals surface area contributed by atoms with Gasteiger partial charge in [0.05, 0.1) is 0 Å². The van der Waals surface area contributed by atoms with E-state index in [9.17, 15) is 18.0 Å². The van der Waals surface area contributed by atoms with Gasteiger partial charge in [-0.25, -0.2) is 0 Å². The number of rotatable bonds is 3. The van der Waals surface area contributed by atoms with Gasteiger partial charge in [-0.1, -0.05) is 35.5 Å². The number of hydrogen-bond acceptors (Lipinski definition) is 3. The summed E-state index contributed by atoms with van der Waals surface area (Å²) < 4.78 is 43.8. The molecule has 1 amide bonds. The van der Waals surface area contributed by atoms with Crippen molar-refractivity contribution in [2.24, 2.45) is 0 Å². The highest BCUT2D eigenvalue weighted by molar-refractivity contribution is 5.92. The molecule has 0 radical (unpaired) electrons. The van der Waals surface area contributed by atoms with Crippen molar-refractivity contribution in [3.05, 3.63) is 53.4 Å². The van der Waals surface area contributed by atoms with E-state index in [1.807, 2.05) is 5.32 Å². The second-order valence-electron chi connectivity index (χ2n) is 4.18. The molecule has 1 atom stereocenters. The average molecular weight is 284 g/mol. The van der Waals surface area contributed by atoms with Gasteiger partial charge >= 0.3 is 6.18 Å². The van der Waals surface area contributed by atoms with Crippen molar-refractivity contribution >= 4 is 5.91 Å². The zero-order valence-corrected chi connectivity index (χ0v) is 10.4. The monoisotopic (exact) mass is 284 g/mol. The van der Waals surface area contributed by atoms with Crippen LogP contribution in [0.25, 0.3) is 0 Å². The van der Waals surface area contributed by atoms with Crippen molar-refractivity contribution in [1.82, 2.24) is 10.5 Å². The van der Waals surface area contributed by atoms with Crippen LogP contribution in [0.1, 0.15) is 27.9 Å². The maximum Gasteiger partial charge on any atom is 0.412 e. The van der Waals surface area contributed by atoms with Gasteiger partial charge in [-0.15, -0.1) is 0 Å². The van der Waals surface area contributed by atoms with Crippen LogP contribution in [0.3, 0.4) is 0 Å². The first kappa shape index (κ1) is 14.1. The lowest BCUT2D eigenvalue weighted by Crippen LogP contribution is -2.38. The summed E-state index contributed by atoms with van der Waals surface area (Å²) in [6, 6.07) is 6.32. The quantitative estimate of drug-likeness (QED) is 0.942. The number of nitrogens with one attached hydrogen (secondary N) is 1. The standard InChI is InChI=1S/C13H11F3N2O2/c1-8-7-10(18-20-8)12(19)17-11(13(14,15)16)9-5-3-2-4-6-9/h2-7,11H,1H3,(H,17,19)/t11-/m1/s1. The predicted molar refractivity (Wildman–Crippen MR) is 63.9 cm³/mol. The Labute approximate surface area is 112 Å². The molecule has 1 N–H and O–H groups in total. The van der Waals surface area contributed by atoms with Crippen molar-refractivity contribution in [2.45, 2.75) is 19.1 Å². The Bertz CT molecular complexity index is 593. The van der Waals surface area contributed by atoms with Crippen molar-refractivity contribution in [3.63, 3.8) is 0 Å². The fourth-order valence-corrected chi connectivity index (χ4v) is 1.68. The van der Waals surface area contributed by atoms with Gasteiger partial charge in [0.2, 0.25) is 0 Å². The molecule has 0 aliphatic carbocycles. The summed E-state index contributed by atoms with van der Waals surface area (Å²) in [6.45, 7) is 1.54. The van der Waals surface area contributed by atoms with E-state index in [4.69, 9.17) is 0 Å². The molecule has 4 nitrogen and oxygen atoms in total. The Balaban J connectivity index is 2.23. The molecule has 7 heteroatoms. The maximum absolute atomic E-state index is 13.0. The normalized spacial score (nSPS) is 13.0. The topological polar surface area (TPSA) is 55.1 Å². The summed E-state index contributed by atoms with van der Waals surface area (Å²) >= 11 is 0. The molecule has 1 heterocycles. The van der Waals surface area contributed by atoms with Gasteiger partial charge in [-0.3, -0.25) is 4.79 Å². The summed E-state index contributed by atoms with van der Waals surface area (Å²) in [5.41, 5.74) is -0.235. The van der Waals surface area contributed by atoms with E-state index in [2.05, 4.69) is 9.68 Å². The second kappa shape index (κ2) is 5.36. The lowest BCUT2D eigenvalue weighted by molar-refractivity contribution is -0.155. The number of amides is 1. The highest BCUT2D eigenvalue weighted by Gasteiger charge is 2.42. The average Bonchev–Trinajstić information content (AvgIpc) is 2.82. The van der Waals surface area contributed by atoms with E-state index in [0.29, 0.717) is 5.76 Å². The van der Waals surface area contributed by atoms with E-state index < -0.39 is 18.1 Å². The van der Waals surface area contributed by atoms with Gasteiger partial charge in [0, 0.05) is 6.07 Å². The Hall–Kier alpha value is -2.31. The van der Waals surface area contributed by atoms with Crippen molar-refractivity contribution in [3.8, 4) is 0 Å². The van der Waals surface area contributed by atoms with Crippen LogP contribution < -0.4 is 5.32 Å². The molecule has 0 spiro atoms. The maximum atomic E-state index is 13.0. The van der Waals surface area contributed by atoms with Crippen LogP contribution in [-0.4, -0.2) is 17.2 Å². The molecule has 0 saturated heterocycles. The Morgan fingerprint density at radius 3 is 2.45 bits per heavy atom. The number of hydrogen-bond donors (Lipinski definition) is 1. The number of halogens is 3. The van der Waals surface area contributed by atoms with E-state index in [-0.39, 0.29) is 11.3 Å². The van der Waals surface area contributed by atoms with Crippen molar-refractivity contribution < 1.29 is 22.5 Å². The Morgan fingerprint density at radius 2 is 1.95 bits per heavy atom. The van der Waals surface area contributed by atoms with E-state index in [1.54, 1.807) is 13.0 Å². The lowest BCUT2D eigenvalue weighted by Gasteiger charge is -2.21. The summed E-state index contributed by atoms with van der Waals surface area (Å²) in [5, 5.41) is 5.31. The third-order valence-electron chi connectivity index (χ3n) is 2.60. The van der Waals surface area contributed by atoms with Gasteiger partial charge in [0.15, 0.2) is 11.7 Å². The molecule has 1 aromatic heterocycles. The molecule has 2 rings (SSSR count). The number of benzene rings is 1. The largest absolute Gasteiger partial charge is 0.412 e. The van der Waals surface area contributed by atoms with Crippen LogP contribution in [0, 0.1) is 6.92 Å². The van der Waals surface area contributed by atoms with Crippen LogP contribution in [0.4, 0.5) is 13.2 Å². The minimum atomic E-state index is -4.60. The highest BCUT2D eigenvalue weighted by Crippen LogP contribution is 2.32. The molecule has 1 aromatic carbocycles. The van der Waals surface area contributed by atoms with Crippen LogP contribution in [0.2, 0.25) is 0 Å². The number of aromatic nitrogens is 1. The van der Waals surface area contributed by atoms with Gasteiger partial charge in [-0.2, -0.15) is 13.2 Å². The Kier molecular flexibility index (Phi) is 3.78. The third-order valence-corrected chi connectivity index (χ3v) is 2.60. The molecule has 20 heavy (non-hydrogen) atoms. The predicted octanol–water partition coefficient (Wildman–Crippen LogP) is 3.02. The highest BCUT2D eigenvalue weighted by atomic mass is 19.4. The summed E-state index contributed by atoms with van der Waals surface area (Å²) in [5.74, 6) is -0.591. The molecule has 0 saturated carbocycles. The SMILES string of the molecule is Cc1cc(C(=O)N[C@H](c2ccccc2)C(F)(F)F)no1. The number of aryl methyl sites for hydroxylation is 1. The lowest BCUT2D eigenvalue weighted by atomic mass is 10.1. The van der Waals surface area contributed by atoms with Gasteiger partial charge in [0.25, 0.3) is 5.91 Å². The number of alkyl halides is 3. The van der Waals surface area contributed by atoms with Gasteiger partial charge in [0.1, 0.15) is 5.76 Å². The van der Waals surface area contributed by atoms with Crippen LogP contribution >= 0.6 is 0 Å². The fraction of sp³-hybridized carbons (Fsp3) is 0.231. The van der Waals surface area contributed by atoms with Crippen LogP contribution in [0.5, 0.6) is 0 Å². The summed E-state index contributed by atoms with van der Waals surface area (Å²) in [4.78, 5) is 11.8. The van der Waals surface area contributed by atoms with Gasteiger partial charge < -0.3 is 9.84 Å². The first-order chi connectivity index (χ1) is 9.38. The molecule has 0 aliphatic heterocycles. The minimum absolute atomic E-state index is 0.0476. The molecule has 0 unspecified atom stereocenters. The second-order valence-corrected chi connectivity index (χ2v) is 4.18. The first-order valence-electron chi connectivity index (χ1n) is 5.74. The Morgan fingerprint density at radius 1 is 1.30 bits per heavy atom. The van der Waals surface area contributed by atoms with E-state index in [1.165, 1.54) is 30.3 Å². The fourth-order valence-electron chi connectivity index (χ4n) is 1.68. The zero-order chi connectivity index (χ0) is 14.8. The van der Waals surface area contributed by atoms with Gasteiger partial charge in [-0.05, 0) is 12.5 Å². The number of carbonyl (C=O) groups is 1. The number of nitrogens with zero attached hydrogens (tertiary/aromatic N) is 1. The molecule has 0 bridgehead atoms. The third kappa shape index (κ3) is 3.17. The number of carbonyl (C=O) groups excluding carboxylic acids is 1. The molecular formula is C13H11F3N2O2. The van der Waals surface area contributed by atoms with E-state index >= 15 is 0 Å². The smallest absolute Gasteiger partial charge is 0.361 e. The molecular weight excluding hydrogens is 273 g/mol. The van der Waals surface area contributed by atoms with E-state index in [0.717, 1.165) is 0 Å². The summed E-state index contributed by atoms with van der Waals surface area (Å²) in [6.07, 6.45) is -4.60. The van der Waals surface area contributed by atoms with Crippen molar-refractivity contribution in [1.29, 1.82) is 0 Å². The molecule has 2 aromatic rings. The molecule has 0 aliphatic rings. The van der Waals surface area contributed by atoms with Crippen LogP contribution in [0.15, 0.2) is 40.9 Å². The minimum Gasteiger partial charge on any atom is -0.361 e. The summed E-state index contributed by atoms with van der Waals surface area (Å²) in [7, 11) is 0. The molecule has 0 fully saturated rings.